The average molecular weight is 238 g/mol. The van der Waals surface area contributed by atoms with Crippen molar-refractivity contribution in [2.75, 3.05) is 19.7 Å². The molecule has 1 unspecified atom stereocenters. The molecule has 5 heteroatoms. The predicted octanol–water partition coefficient (Wildman–Crippen LogP) is -1.17. The molecule has 0 aliphatic rings. The molecule has 4 nitrogen and oxygen atoms in total. The molecule has 0 spiro atoms. The number of carboxylic acid groups (broad SMARTS) is 1. The molecule has 0 bridgehead atoms. The minimum absolute atomic E-state index is 0. The molecule has 0 saturated carbocycles. The van der Waals surface area contributed by atoms with E-state index in [-0.39, 0.29) is 36.1 Å². The van der Waals surface area contributed by atoms with Gasteiger partial charge in [0.15, 0.2) is 0 Å². The molecule has 82 valence electrons. The first-order valence-corrected chi connectivity index (χ1v) is 4.20. The van der Waals surface area contributed by atoms with Crippen LogP contribution in [-0.2, 0) is 21.9 Å². The number of carbonyl (C=O) groups is 1. The summed E-state index contributed by atoms with van der Waals surface area (Å²) in [6, 6.07) is -0.301. The van der Waals surface area contributed by atoms with Gasteiger partial charge in [0.1, 0.15) is 0 Å². The van der Waals surface area contributed by atoms with Crippen LogP contribution >= 0.6 is 0 Å². The van der Waals surface area contributed by atoms with Crippen molar-refractivity contribution in [3.8, 4) is 0 Å². The molecule has 0 radical (unpaired) electrons. The van der Waals surface area contributed by atoms with Crippen molar-refractivity contribution in [3.05, 3.63) is 0 Å². The number of aliphatic carboxylic acids is 1. The van der Waals surface area contributed by atoms with Crippen LogP contribution in [0.5, 0.6) is 0 Å². The Balaban J connectivity index is 0. The maximum atomic E-state index is 10.3. The Kier molecular flexibility index (Phi) is 10.1. The third-order valence-corrected chi connectivity index (χ3v) is 1.94. The van der Waals surface area contributed by atoms with Gasteiger partial charge in [-0.15, -0.1) is 0 Å². The zero-order valence-electron chi connectivity index (χ0n) is 7.92. The van der Waals surface area contributed by atoms with Crippen LogP contribution in [0.2, 0.25) is 0 Å². The third kappa shape index (κ3) is 6.04. The Bertz CT molecular complexity index is 139. The summed E-state index contributed by atoms with van der Waals surface area (Å²) in [5, 5.41) is 19.1. The van der Waals surface area contributed by atoms with Gasteiger partial charge in [0.05, 0.1) is 6.61 Å². The molecule has 0 aromatic rings. The van der Waals surface area contributed by atoms with Crippen LogP contribution in [0.1, 0.15) is 20.3 Å². The fraction of sp³-hybridized carbons (Fsp3) is 0.875. The fourth-order valence-electron chi connectivity index (χ4n) is 1.24. The van der Waals surface area contributed by atoms with Crippen LogP contribution in [0.4, 0.5) is 0 Å². The van der Waals surface area contributed by atoms with E-state index in [1.807, 2.05) is 18.7 Å². The number of hydrogen-bond donors (Lipinski definition) is 1. The van der Waals surface area contributed by atoms with Gasteiger partial charge < -0.3 is 15.0 Å². The Labute approximate surface area is 89.4 Å². The summed E-state index contributed by atoms with van der Waals surface area (Å²) in [4.78, 5) is 12.2. The number of hydrogen-bond acceptors (Lipinski definition) is 4. The van der Waals surface area contributed by atoms with E-state index < -0.39 is 5.97 Å². The summed E-state index contributed by atoms with van der Waals surface area (Å²) in [5.74, 6) is -1.11. The van der Waals surface area contributed by atoms with Crippen molar-refractivity contribution in [1.29, 1.82) is 0 Å². The zero-order valence-corrected chi connectivity index (χ0v) is 8.86. The SMILES string of the molecule is CCN(CC)C(CO)CC(=O)[O-].[Cu+]. The van der Waals surface area contributed by atoms with Crippen LogP contribution in [-0.4, -0.2) is 41.7 Å². The van der Waals surface area contributed by atoms with Crippen molar-refractivity contribution < 1.29 is 32.1 Å². The summed E-state index contributed by atoms with van der Waals surface area (Å²) in [7, 11) is 0. The van der Waals surface area contributed by atoms with Gasteiger partial charge in [-0.3, -0.25) is 4.90 Å². The molecule has 0 aromatic carbocycles. The topological polar surface area (TPSA) is 63.6 Å². The van der Waals surface area contributed by atoms with Gasteiger partial charge in [-0.25, -0.2) is 0 Å². The Morgan fingerprint density at radius 1 is 1.46 bits per heavy atom. The molecule has 1 N–H and O–H groups in total. The van der Waals surface area contributed by atoms with Crippen LogP contribution < -0.4 is 5.11 Å². The van der Waals surface area contributed by atoms with Gasteiger partial charge >= 0.3 is 17.1 Å². The van der Waals surface area contributed by atoms with Crippen molar-refractivity contribution in [2.24, 2.45) is 0 Å². The number of nitrogens with zero attached hydrogens (tertiary/aromatic N) is 1. The molecule has 0 rings (SSSR count). The third-order valence-electron chi connectivity index (χ3n) is 1.94. The molecular weight excluding hydrogens is 222 g/mol. The van der Waals surface area contributed by atoms with E-state index in [0.717, 1.165) is 13.1 Å². The van der Waals surface area contributed by atoms with Crippen molar-refractivity contribution >= 4 is 5.97 Å². The first-order valence-electron chi connectivity index (χ1n) is 4.20. The van der Waals surface area contributed by atoms with Crippen molar-refractivity contribution in [3.63, 3.8) is 0 Å². The summed E-state index contributed by atoms with van der Waals surface area (Å²) in [5.41, 5.74) is 0. The van der Waals surface area contributed by atoms with E-state index in [1.54, 1.807) is 0 Å². The standard InChI is InChI=1S/C8H17NO3.Cu/c1-3-9(4-2)7(6-10)5-8(11)12;/h7,10H,3-6H2,1-2H3,(H,11,12);/q;+1/p-1. The normalized spacial score (nSPS) is 12.3. The van der Waals surface area contributed by atoms with E-state index >= 15 is 0 Å². The monoisotopic (exact) mass is 237 g/mol. The first kappa shape index (κ1) is 15.4. The van der Waals surface area contributed by atoms with Crippen LogP contribution in [0.15, 0.2) is 0 Å². The zero-order chi connectivity index (χ0) is 9.56. The van der Waals surface area contributed by atoms with Gasteiger partial charge in [-0.1, -0.05) is 13.8 Å². The Hall–Kier alpha value is -0.0905. The molecule has 0 aliphatic heterocycles. The molecule has 1 atom stereocenters. The van der Waals surface area contributed by atoms with Crippen LogP contribution in [0.25, 0.3) is 0 Å². The maximum Gasteiger partial charge on any atom is 1.00 e. The van der Waals surface area contributed by atoms with Gasteiger partial charge in [0, 0.05) is 18.4 Å². The van der Waals surface area contributed by atoms with Gasteiger partial charge in [0.25, 0.3) is 0 Å². The number of likely N-dealkylation sites (N-methyl/N-ethyl adjacent to an activating group) is 1. The number of aliphatic hydroxyl groups is 1. The van der Waals surface area contributed by atoms with E-state index in [4.69, 9.17) is 5.11 Å². The summed E-state index contributed by atoms with van der Waals surface area (Å²) >= 11 is 0. The van der Waals surface area contributed by atoms with E-state index in [9.17, 15) is 9.90 Å². The Morgan fingerprint density at radius 3 is 2.15 bits per heavy atom. The molecule has 0 saturated heterocycles. The summed E-state index contributed by atoms with van der Waals surface area (Å²) < 4.78 is 0. The van der Waals surface area contributed by atoms with E-state index in [2.05, 4.69) is 0 Å². The second-order valence-electron chi connectivity index (χ2n) is 2.63. The van der Waals surface area contributed by atoms with Crippen LogP contribution in [0.3, 0.4) is 0 Å². The smallest absolute Gasteiger partial charge is 0.550 e. The Morgan fingerprint density at radius 2 is 1.92 bits per heavy atom. The van der Waals surface area contributed by atoms with Gasteiger partial charge in [-0.05, 0) is 13.1 Å². The number of rotatable bonds is 6. The van der Waals surface area contributed by atoms with Crippen molar-refractivity contribution in [2.45, 2.75) is 26.3 Å². The molecule has 0 aromatic heterocycles. The van der Waals surface area contributed by atoms with E-state index in [1.165, 1.54) is 0 Å². The number of carbonyl (C=O) groups excluding carboxylic acids is 1. The van der Waals surface area contributed by atoms with Crippen LogP contribution in [0, 0.1) is 0 Å². The summed E-state index contributed by atoms with van der Waals surface area (Å²) in [6.45, 7) is 5.22. The summed E-state index contributed by atoms with van der Waals surface area (Å²) in [6.07, 6.45) is -0.0990. The molecule has 0 aliphatic carbocycles. The second kappa shape index (κ2) is 8.51. The quantitative estimate of drug-likeness (QED) is 0.592. The molecule has 0 amide bonds. The first-order chi connectivity index (χ1) is 5.65. The second-order valence-corrected chi connectivity index (χ2v) is 2.63. The predicted molar refractivity (Wildman–Crippen MR) is 43.4 cm³/mol. The maximum absolute atomic E-state index is 10.3. The average Bonchev–Trinajstić information content (AvgIpc) is 2.04. The van der Waals surface area contributed by atoms with E-state index in [0.29, 0.717) is 0 Å². The van der Waals surface area contributed by atoms with Crippen molar-refractivity contribution in [1.82, 2.24) is 4.90 Å². The minimum Gasteiger partial charge on any atom is -0.550 e. The number of carboxylic acids is 1. The molecule has 13 heavy (non-hydrogen) atoms. The fourth-order valence-corrected chi connectivity index (χ4v) is 1.24. The molecular formula is C8H16CuNO3. The number of aliphatic hydroxyl groups excluding tert-OH is 1. The van der Waals surface area contributed by atoms with Gasteiger partial charge in [0.2, 0.25) is 0 Å². The molecule has 0 fully saturated rings. The largest absolute Gasteiger partial charge is 1.00 e. The van der Waals surface area contributed by atoms with Gasteiger partial charge in [-0.2, -0.15) is 0 Å². The molecule has 0 heterocycles. The minimum atomic E-state index is -1.11.